The van der Waals surface area contributed by atoms with E-state index in [-0.39, 0.29) is 23.5 Å². The van der Waals surface area contributed by atoms with Gasteiger partial charge in [0.1, 0.15) is 12.4 Å². The molecule has 2 unspecified atom stereocenters. The van der Waals surface area contributed by atoms with Crippen molar-refractivity contribution in [1.29, 1.82) is 0 Å². The Morgan fingerprint density at radius 3 is 2.43 bits per heavy atom. The molecule has 0 radical (unpaired) electrons. The number of hydrogen-bond donors (Lipinski definition) is 0. The average molecular weight is 384 g/mol. The summed E-state index contributed by atoms with van der Waals surface area (Å²) >= 11 is 17.8. The van der Waals surface area contributed by atoms with Crippen LogP contribution < -0.4 is 4.74 Å². The Kier molecular flexibility index (Phi) is 9.07. The summed E-state index contributed by atoms with van der Waals surface area (Å²) in [7, 11) is 0. The standard InChI is InChI=1S/C16H21Cl3O4/c1-4-5-6-21-10(2)9-22-16(20)11(3)23-15-8-13(18)12(17)7-14(15)19/h7-8,10-11H,4-6,9H2,1-3H3. The summed E-state index contributed by atoms with van der Waals surface area (Å²) in [5.74, 6) is -0.226. The predicted molar refractivity (Wildman–Crippen MR) is 92.8 cm³/mol. The maximum absolute atomic E-state index is 11.9. The van der Waals surface area contributed by atoms with Gasteiger partial charge in [-0.25, -0.2) is 4.79 Å². The van der Waals surface area contributed by atoms with Gasteiger partial charge < -0.3 is 14.2 Å². The van der Waals surface area contributed by atoms with E-state index in [1.165, 1.54) is 12.1 Å². The van der Waals surface area contributed by atoms with E-state index in [1.807, 2.05) is 6.92 Å². The van der Waals surface area contributed by atoms with Crippen molar-refractivity contribution in [2.75, 3.05) is 13.2 Å². The molecule has 130 valence electrons. The molecule has 0 aliphatic carbocycles. The second kappa shape index (κ2) is 10.2. The topological polar surface area (TPSA) is 44.8 Å². The minimum absolute atomic E-state index is 0.161. The van der Waals surface area contributed by atoms with E-state index in [2.05, 4.69) is 6.92 Å². The number of rotatable bonds is 9. The third kappa shape index (κ3) is 7.17. The monoisotopic (exact) mass is 382 g/mol. The van der Waals surface area contributed by atoms with Gasteiger partial charge in [-0.15, -0.1) is 0 Å². The average Bonchev–Trinajstić information content (AvgIpc) is 2.50. The van der Waals surface area contributed by atoms with Gasteiger partial charge in [0.05, 0.1) is 21.2 Å². The summed E-state index contributed by atoms with van der Waals surface area (Å²) in [5, 5.41) is 0.886. The molecule has 0 saturated carbocycles. The zero-order valence-electron chi connectivity index (χ0n) is 13.4. The van der Waals surface area contributed by atoms with Crippen molar-refractivity contribution in [1.82, 2.24) is 0 Å². The van der Waals surface area contributed by atoms with E-state index in [9.17, 15) is 4.79 Å². The van der Waals surface area contributed by atoms with Crippen LogP contribution in [0.5, 0.6) is 5.75 Å². The van der Waals surface area contributed by atoms with Crippen LogP contribution in [0.3, 0.4) is 0 Å². The van der Waals surface area contributed by atoms with Crippen LogP contribution >= 0.6 is 34.8 Å². The first-order valence-corrected chi connectivity index (χ1v) is 8.58. The lowest BCUT2D eigenvalue weighted by Gasteiger charge is -2.17. The number of unbranched alkanes of at least 4 members (excludes halogenated alkanes) is 1. The second-order valence-electron chi connectivity index (χ2n) is 5.12. The number of benzene rings is 1. The lowest BCUT2D eigenvalue weighted by Crippen LogP contribution is -2.29. The highest BCUT2D eigenvalue weighted by molar-refractivity contribution is 6.43. The first-order chi connectivity index (χ1) is 10.8. The Hall–Kier alpha value is -0.680. The SMILES string of the molecule is CCCCOC(C)COC(=O)C(C)Oc1cc(Cl)c(Cl)cc1Cl. The summed E-state index contributed by atoms with van der Waals surface area (Å²) in [6.07, 6.45) is 1.05. The van der Waals surface area contributed by atoms with Crippen molar-refractivity contribution in [3.8, 4) is 5.75 Å². The van der Waals surface area contributed by atoms with Crippen LogP contribution in [0.1, 0.15) is 33.6 Å². The maximum Gasteiger partial charge on any atom is 0.347 e. The third-order valence-corrected chi connectivity index (χ3v) is 3.99. The molecule has 7 heteroatoms. The quantitative estimate of drug-likeness (QED) is 0.335. The molecule has 1 aromatic rings. The van der Waals surface area contributed by atoms with Gasteiger partial charge in [0, 0.05) is 12.7 Å². The van der Waals surface area contributed by atoms with Gasteiger partial charge >= 0.3 is 5.97 Å². The van der Waals surface area contributed by atoms with Crippen molar-refractivity contribution < 1.29 is 19.0 Å². The zero-order chi connectivity index (χ0) is 17.4. The maximum atomic E-state index is 11.9. The number of carbonyl (C=O) groups is 1. The third-order valence-electron chi connectivity index (χ3n) is 2.97. The highest BCUT2D eigenvalue weighted by atomic mass is 35.5. The molecule has 1 rings (SSSR count). The summed E-state index contributed by atoms with van der Waals surface area (Å²) in [6, 6.07) is 2.93. The smallest absolute Gasteiger partial charge is 0.347 e. The van der Waals surface area contributed by atoms with Gasteiger partial charge in [0.15, 0.2) is 6.10 Å². The van der Waals surface area contributed by atoms with Crippen molar-refractivity contribution in [3.63, 3.8) is 0 Å². The molecule has 0 heterocycles. The van der Waals surface area contributed by atoms with Crippen molar-refractivity contribution in [3.05, 3.63) is 27.2 Å². The molecule has 0 aliphatic rings. The van der Waals surface area contributed by atoms with Crippen molar-refractivity contribution in [2.45, 2.75) is 45.8 Å². The molecule has 0 amide bonds. The van der Waals surface area contributed by atoms with Crippen molar-refractivity contribution in [2.24, 2.45) is 0 Å². The molecular formula is C16H21Cl3O4. The van der Waals surface area contributed by atoms with E-state index in [0.717, 1.165) is 12.8 Å². The number of hydrogen-bond acceptors (Lipinski definition) is 4. The molecule has 0 aliphatic heterocycles. The normalized spacial score (nSPS) is 13.5. The Morgan fingerprint density at radius 2 is 1.78 bits per heavy atom. The molecular weight excluding hydrogens is 363 g/mol. The first-order valence-electron chi connectivity index (χ1n) is 7.44. The number of esters is 1. The minimum Gasteiger partial charge on any atom is -0.477 e. The second-order valence-corrected chi connectivity index (χ2v) is 6.34. The molecule has 0 aromatic heterocycles. The number of halogens is 3. The van der Waals surface area contributed by atoms with Gasteiger partial charge in [-0.2, -0.15) is 0 Å². The van der Waals surface area contributed by atoms with Gasteiger partial charge in [0.25, 0.3) is 0 Å². The van der Waals surface area contributed by atoms with Crippen LogP contribution in [-0.4, -0.2) is 31.4 Å². The fourth-order valence-corrected chi connectivity index (χ4v) is 2.21. The summed E-state index contributed by atoms with van der Waals surface area (Å²) < 4.78 is 16.2. The highest BCUT2D eigenvalue weighted by Crippen LogP contribution is 2.34. The van der Waals surface area contributed by atoms with Crippen LogP contribution in [0.15, 0.2) is 12.1 Å². The van der Waals surface area contributed by atoms with E-state index < -0.39 is 12.1 Å². The summed E-state index contributed by atoms with van der Waals surface area (Å²) in [6.45, 7) is 6.33. The van der Waals surface area contributed by atoms with E-state index >= 15 is 0 Å². The first kappa shape index (κ1) is 20.4. The molecule has 0 fully saturated rings. The fourth-order valence-electron chi connectivity index (χ4n) is 1.63. The number of ether oxygens (including phenoxy) is 3. The molecule has 0 saturated heterocycles. The lowest BCUT2D eigenvalue weighted by atomic mass is 10.3. The van der Waals surface area contributed by atoms with Gasteiger partial charge in [-0.05, 0) is 26.3 Å². The van der Waals surface area contributed by atoms with Crippen LogP contribution in [0, 0.1) is 0 Å². The molecule has 2 atom stereocenters. The van der Waals surface area contributed by atoms with E-state index in [0.29, 0.717) is 16.7 Å². The predicted octanol–water partition coefficient (Wildman–Crippen LogP) is 5.16. The molecule has 1 aromatic carbocycles. The Morgan fingerprint density at radius 1 is 1.13 bits per heavy atom. The highest BCUT2D eigenvalue weighted by Gasteiger charge is 2.19. The van der Waals surface area contributed by atoms with Crippen LogP contribution in [-0.2, 0) is 14.3 Å². The summed E-state index contributed by atoms with van der Waals surface area (Å²) in [4.78, 5) is 11.9. The Balaban J connectivity index is 2.47. The van der Waals surface area contributed by atoms with Gasteiger partial charge in [0.2, 0.25) is 0 Å². The van der Waals surface area contributed by atoms with Crippen LogP contribution in [0.25, 0.3) is 0 Å². The zero-order valence-corrected chi connectivity index (χ0v) is 15.7. The Labute approximate surface area is 151 Å². The van der Waals surface area contributed by atoms with Crippen molar-refractivity contribution >= 4 is 40.8 Å². The molecule has 23 heavy (non-hydrogen) atoms. The Bertz CT molecular complexity index is 522. The fraction of sp³-hybridized carbons (Fsp3) is 0.562. The molecule has 0 bridgehead atoms. The molecule has 4 nitrogen and oxygen atoms in total. The van der Waals surface area contributed by atoms with E-state index in [4.69, 9.17) is 49.0 Å². The van der Waals surface area contributed by atoms with Crippen LogP contribution in [0.4, 0.5) is 0 Å². The lowest BCUT2D eigenvalue weighted by molar-refractivity contribution is -0.154. The van der Waals surface area contributed by atoms with Gasteiger partial charge in [-0.3, -0.25) is 0 Å². The largest absolute Gasteiger partial charge is 0.477 e. The van der Waals surface area contributed by atoms with E-state index in [1.54, 1.807) is 6.92 Å². The van der Waals surface area contributed by atoms with Gasteiger partial charge in [-0.1, -0.05) is 48.1 Å². The summed E-state index contributed by atoms with van der Waals surface area (Å²) in [5.41, 5.74) is 0. The number of carbonyl (C=O) groups excluding carboxylic acids is 1. The minimum atomic E-state index is -0.826. The van der Waals surface area contributed by atoms with Crippen LogP contribution in [0.2, 0.25) is 15.1 Å². The molecule has 0 spiro atoms. The molecule has 0 N–H and O–H groups in total.